The second-order valence-corrected chi connectivity index (χ2v) is 21.6. The normalized spacial score (nSPS) is 12.9. The van der Waals surface area contributed by atoms with Gasteiger partial charge in [0.1, 0.15) is 13.2 Å². The molecule has 0 aliphatic heterocycles. The van der Waals surface area contributed by atoms with Gasteiger partial charge in [0.15, 0.2) is 6.10 Å². The Hall–Kier alpha value is -4.19. The van der Waals surface area contributed by atoms with Crippen LogP contribution in [0.15, 0.2) is 122 Å². The van der Waals surface area contributed by atoms with E-state index in [1.807, 2.05) is 0 Å². The van der Waals surface area contributed by atoms with Gasteiger partial charge in [0.2, 0.25) is 0 Å². The molecular weight excluding hydrogens is 973 g/mol. The Labute approximate surface area is 488 Å². The largest absolute Gasteiger partial charge is 0.462 e. The van der Waals surface area contributed by atoms with E-state index in [0.717, 1.165) is 122 Å². The van der Waals surface area contributed by atoms with Gasteiger partial charge >= 0.3 is 17.9 Å². The van der Waals surface area contributed by atoms with E-state index < -0.39 is 6.10 Å². The summed E-state index contributed by atoms with van der Waals surface area (Å²) in [6, 6.07) is 0. The number of allylic oxidation sites excluding steroid dienone is 20. The lowest BCUT2D eigenvalue weighted by atomic mass is 10.0. The standard InChI is InChI=1S/C73H122O6/c1-4-7-10-13-16-18-20-22-24-26-28-30-32-33-34-35-36-37-38-39-41-42-44-46-48-50-52-54-57-60-63-66-72(75)78-69-70(68-77-71(74)65-62-59-56-15-12-9-6-3)79-73(76)67-64-61-58-55-53-51-49-47-45-43-40-31-29-27-25-23-21-19-17-14-11-8-5-2/h7,10,16,18,22,24,27-30,33-34,36-37,39,41,44,46,50,52,70H,4-6,8-9,11-15,17,19-21,23,25-26,31-32,35,38,40,42-43,45,47-49,51,53-69H2,1-3H3/b10-7-,18-16-,24-22-,29-27-,30-28-,34-33-,37-36-,41-39-,46-44-,52-50-. The van der Waals surface area contributed by atoms with Crippen LogP contribution < -0.4 is 0 Å². The molecule has 0 fully saturated rings. The number of rotatable bonds is 59. The molecule has 0 aromatic heterocycles. The molecule has 0 N–H and O–H groups in total. The fraction of sp³-hybridized carbons (Fsp3) is 0.685. The van der Waals surface area contributed by atoms with E-state index >= 15 is 0 Å². The second-order valence-electron chi connectivity index (χ2n) is 21.6. The van der Waals surface area contributed by atoms with Gasteiger partial charge in [0, 0.05) is 19.3 Å². The summed E-state index contributed by atoms with van der Waals surface area (Å²) < 4.78 is 16.8. The van der Waals surface area contributed by atoms with E-state index in [1.54, 1.807) is 0 Å². The minimum Gasteiger partial charge on any atom is -0.462 e. The van der Waals surface area contributed by atoms with Crippen molar-refractivity contribution in [3.8, 4) is 0 Å². The average Bonchev–Trinajstić information content (AvgIpc) is 3.45. The first kappa shape index (κ1) is 74.8. The highest BCUT2D eigenvalue weighted by Crippen LogP contribution is 2.16. The van der Waals surface area contributed by atoms with Crippen molar-refractivity contribution in [2.24, 2.45) is 0 Å². The van der Waals surface area contributed by atoms with Crippen LogP contribution in [-0.2, 0) is 28.6 Å². The van der Waals surface area contributed by atoms with Crippen molar-refractivity contribution in [3.63, 3.8) is 0 Å². The minimum atomic E-state index is -0.793. The Morgan fingerprint density at radius 1 is 0.266 bits per heavy atom. The Balaban J connectivity index is 4.22. The van der Waals surface area contributed by atoms with Gasteiger partial charge in [-0.2, -0.15) is 0 Å². The monoisotopic (exact) mass is 1090 g/mol. The molecule has 79 heavy (non-hydrogen) atoms. The molecule has 0 heterocycles. The molecule has 450 valence electrons. The maximum Gasteiger partial charge on any atom is 0.306 e. The molecule has 1 atom stereocenters. The van der Waals surface area contributed by atoms with Crippen LogP contribution in [0.1, 0.15) is 303 Å². The van der Waals surface area contributed by atoms with Gasteiger partial charge in [-0.05, 0) is 116 Å². The highest BCUT2D eigenvalue weighted by atomic mass is 16.6. The van der Waals surface area contributed by atoms with E-state index in [-0.39, 0.29) is 31.1 Å². The van der Waals surface area contributed by atoms with Gasteiger partial charge in [-0.1, -0.05) is 290 Å². The highest BCUT2D eigenvalue weighted by Gasteiger charge is 2.19. The predicted molar refractivity (Wildman–Crippen MR) is 343 cm³/mol. The molecule has 0 saturated heterocycles. The van der Waals surface area contributed by atoms with Gasteiger partial charge in [0.25, 0.3) is 0 Å². The highest BCUT2D eigenvalue weighted by molar-refractivity contribution is 5.71. The zero-order chi connectivity index (χ0) is 57.1. The SMILES string of the molecule is CC/C=C\C/C=C\C/C=C\C/C=C\C/C=C\C/C=C\C/C=C\C/C=C\C/C=C\CCCCCC(=O)OCC(COC(=O)CCCCCCCCC)OC(=O)CCCCCCCCCCCCC/C=C\CCCCCCCCCC. The Morgan fingerprint density at radius 2 is 0.494 bits per heavy atom. The fourth-order valence-electron chi connectivity index (χ4n) is 9.02. The summed E-state index contributed by atoms with van der Waals surface area (Å²) in [5, 5.41) is 0. The number of carbonyl (C=O) groups excluding carboxylic acids is 3. The summed E-state index contributed by atoms with van der Waals surface area (Å²) in [4.78, 5) is 38.1. The van der Waals surface area contributed by atoms with Gasteiger partial charge in [-0.3, -0.25) is 14.4 Å². The van der Waals surface area contributed by atoms with E-state index in [2.05, 4.69) is 142 Å². The van der Waals surface area contributed by atoms with Crippen LogP contribution in [0.25, 0.3) is 0 Å². The lowest BCUT2D eigenvalue weighted by Crippen LogP contribution is -2.30. The summed E-state index contributed by atoms with van der Waals surface area (Å²) in [6.45, 7) is 6.47. The van der Waals surface area contributed by atoms with Crippen molar-refractivity contribution < 1.29 is 28.6 Å². The molecule has 6 nitrogen and oxygen atoms in total. The minimum absolute atomic E-state index is 0.0892. The third kappa shape index (κ3) is 64.5. The molecule has 6 heteroatoms. The van der Waals surface area contributed by atoms with Crippen LogP contribution in [0.4, 0.5) is 0 Å². The predicted octanol–water partition coefficient (Wildman–Crippen LogP) is 22.8. The van der Waals surface area contributed by atoms with Gasteiger partial charge in [-0.15, -0.1) is 0 Å². The van der Waals surface area contributed by atoms with Crippen LogP contribution >= 0.6 is 0 Å². The Bertz CT molecular complexity index is 1640. The molecule has 0 aliphatic rings. The van der Waals surface area contributed by atoms with Gasteiger partial charge in [-0.25, -0.2) is 0 Å². The number of unbranched alkanes of at least 4 members (excludes halogenated alkanes) is 28. The second kappa shape index (κ2) is 66.3. The van der Waals surface area contributed by atoms with Crippen LogP contribution in [0.2, 0.25) is 0 Å². The zero-order valence-electron chi connectivity index (χ0n) is 51.6. The molecule has 0 amide bonds. The maximum atomic E-state index is 12.9. The van der Waals surface area contributed by atoms with Crippen LogP contribution in [-0.4, -0.2) is 37.2 Å². The number of hydrogen-bond donors (Lipinski definition) is 0. The van der Waals surface area contributed by atoms with Crippen molar-refractivity contribution >= 4 is 17.9 Å². The first-order chi connectivity index (χ1) is 39.0. The molecule has 0 rings (SSSR count). The van der Waals surface area contributed by atoms with Crippen molar-refractivity contribution in [2.45, 2.75) is 309 Å². The van der Waals surface area contributed by atoms with Crippen LogP contribution in [0, 0.1) is 0 Å². The smallest absolute Gasteiger partial charge is 0.306 e. The van der Waals surface area contributed by atoms with Crippen LogP contribution in [0.5, 0.6) is 0 Å². The molecule has 0 aromatic rings. The fourth-order valence-corrected chi connectivity index (χ4v) is 9.02. The summed E-state index contributed by atoms with van der Waals surface area (Å²) >= 11 is 0. The summed E-state index contributed by atoms with van der Waals surface area (Å²) in [5.74, 6) is -0.926. The lowest BCUT2D eigenvalue weighted by Gasteiger charge is -2.18. The number of ether oxygens (including phenoxy) is 3. The summed E-state index contributed by atoms with van der Waals surface area (Å²) in [6.07, 6.45) is 92.4. The molecule has 0 aromatic carbocycles. The Kier molecular flexibility index (Phi) is 62.8. The number of carbonyl (C=O) groups is 3. The quantitative estimate of drug-likeness (QED) is 0.0261. The van der Waals surface area contributed by atoms with Crippen molar-refractivity contribution in [3.05, 3.63) is 122 Å². The van der Waals surface area contributed by atoms with E-state index in [9.17, 15) is 14.4 Å². The van der Waals surface area contributed by atoms with Crippen molar-refractivity contribution in [1.29, 1.82) is 0 Å². The molecule has 0 spiro atoms. The Morgan fingerprint density at radius 3 is 0.797 bits per heavy atom. The lowest BCUT2D eigenvalue weighted by molar-refractivity contribution is -0.167. The third-order valence-corrected chi connectivity index (χ3v) is 14.0. The molecule has 0 saturated carbocycles. The topological polar surface area (TPSA) is 78.9 Å². The summed E-state index contributed by atoms with van der Waals surface area (Å²) in [7, 11) is 0. The first-order valence-electron chi connectivity index (χ1n) is 33.0. The number of esters is 3. The van der Waals surface area contributed by atoms with Crippen molar-refractivity contribution in [2.75, 3.05) is 13.2 Å². The molecular formula is C73H122O6. The molecule has 0 bridgehead atoms. The molecule has 1 unspecified atom stereocenters. The van der Waals surface area contributed by atoms with Gasteiger partial charge in [0.05, 0.1) is 0 Å². The average molecular weight is 1100 g/mol. The molecule has 0 aliphatic carbocycles. The van der Waals surface area contributed by atoms with Gasteiger partial charge < -0.3 is 14.2 Å². The van der Waals surface area contributed by atoms with Crippen LogP contribution in [0.3, 0.4) is 0 Å². The van der Waals surface area contributed by atoms with E-state index in [0.29, 0.717) is 19.3 Å². The molecule has 0 radical (unpaired) electrons. The number of hydrogen-bond acceptors (Lipinski definition) is 6. The maximum absolute atomic E-state index is 12.9. The zero-order valence-corrected chi connectivity index (χ0v) is 51.6. The third-order valence-electron chi connectivity index (χ3n) is 14.0. The van der Waals surface area contributed by atoms with E-state index in [1.165, 1.54) is 141 Å². The first-order valence-corrected chi connectivity index (χ1v) is 33.0. The summed E-state index contributed by atoms with van der Waals surface area (Å²) in [5.41, 5.74) is 0. The van der Waals surface area contributed by atoms with E-state index in [4.69, 9.17) is 14.2 Å². The van der Waals surface area contributed by atoms with Crippen molar-refractivity contribution in [1.82, 2.24) is 0 Å².